The number of hydrogen-bond donors (Lipinski definition) is 2. The highest BCUT2D eigenvalue weighted by molar-refractivity contribution is 7.92. The van der Waals surface area contributed by atoms with Gasteiger partial charge in [0.05, 0.1) is 16.7 Å². The van der Waals surface area contributed by atoms with Crippen LogP contribution in [0.15, 0.2) is 35.4 Å². The number of nitriles is 1. The third-order valence-electron chi connectivity index (χ3n) is 2.47. The molecule has 1 aromatic heterocycles. The number of aromatic amines is 1. The third-order valence-corrected chi connectivity index (χ3v) is 3.82. The monoisotopic (exact) mass is 316 g/mol. The van der Waals surface area contributed by atoms with E-state index in [4.69, 9.17) is 5.26 Å². The van der Waals surface area contributed by atoms with E-state index in [1.807, 2.05) is 4.72 Å². The molecule has 1 heterocycles. The molecule has 0 radical (unpaired) electrons. The molecule has 2 N–H and O–H groups in total. The van der Waals surface area contributed by atoms with E-state index in [1.54, 1.807) is 6.07 Å². The second-order valence-corrected chi connectivity index (χ2v) is 5.58. The Morgan fingerprint density at radius 1 is 1.33 bits per heavy atom. The maximum absolute atomic E-state index is 12.6. The van der Waals surface area contributed by atoms with Gasteiger partial charge < -0.3 is 0 Å². The van der Waals surface area contributed by atoms with Gasteiger partial charge in [-0.05, 0) is 18.2 Å². The quantitative estimate of drug-likeness (QED) is 0.906. The van der Waals surface area contributed by atoms with Crippen LogP contribution in [0.25, 0.3) is 0 Å². The van der Waals surface area contributed by atoms with Gasteiger partial charge in [0.25, 0.3) is 10.0 Å². The van der Waals surface area contributed by atoms with Crippen LogP contribution in [0.2, 0.25) is 0 Å². The first-order chi connectivity index (χ1) is 9.74. The highest BCUT2D eigenvalue weighted by Crippen LogP contribution is 2.30. The average molecular weight is 316 g/mol. The lowest BCUT2D eigenvalue weighted by Gasteiger charge is -2.10. The molecule has 0 amide bonds. The summed E-state index contributed by atoms with van der Waals surface area (Å²) >= 11 is 0. The molecule has 0 unspecified atom stereocenters. The van der Waals surface area contributed by atoms with Crippen LogP contribution in [0.5, 0.6) is 0 Å². The lowest BCUT2D eigenvalue weighted by atomic mass is 10.2. The van der Waals surface area contributed by atoms with E-state index in [9.17, 15) is 21.6 Å². The molecule has 2 rings (SSSR count). The highest BCUT2D eigenvalue weighted by atomic mass is 32.2. The van der Waals surface area contributed by atoms with Crippen molar-refractivity contribution in [1.82, 2.24) is 10.2 Å². The van der Waals surface area contributed by atoms with Crippen LogP contribution in [0.1, 0.15) is 11.1 Å². The summed E-state index contributed by atoms with van der Waals surface area (Å²) < 4.78 is 63.7. The summed E-state index contributed by atoms with van der Waals surface area (Å²) in [5, 5.41) is 14.4. The largest absolute Gasteiger partial charge is 0.416 e. The third kappa shape index (κ3) is 3.14. The Kier molecular flexibility index (Phi) is 3.61. The van der Waals surface area contributed by atoms with Crippen molar-refractivity contribution in [1.29, 1.82) is 5.26 Å². The van der Waals surface area contributed by atoms with Gasteiger partial charge in [-0.25, -0.2) is 8.42 Å². The summed E-state index contributed by atoms with van der Waals surface area (Å²) in [6, 6.07) is 4.94. The van der Waals surface area contributed by atoms with Gasteiger partial charge in [-0.2, -0.15) is 23.5 Å². The van der Waals surface area contributed by atoms with E-state index < -0.39 is 26.7 Å². The van der Waals surface area contributed by atoms with E-state index in [0.29, 0.717) is 6.07 Å². The minimum absolute atomic E-state index is 0.0782. The fourth-order valence-corrected chi connectivity index (χ4v) is 2.56. The molecule has 0 aliphatic carbocycles. The Morgan fingerprint density at radius 2 is 2.05 bits per heavy atom. The molecule has 6 nitrogen and oxygen atoms in total. The topological polar surface area (TPSA) is 98.6 Å². The minimum atomic E-state index is -4.66. The van der Waals surface area contributed by atoms with Gasteiger partial charge in [0, 0.05) is 0 Å². The molecule has 0 spiro atoms. The van der Waals surface area contributed by atoms with E-state index in [0.717, 1.165) is 24.4 Å². The number of rotatable bonds is 3. The Bertz CT molecular complexity index is 805. The van der Waals surface area contributed by atoms with Crippen molar-refractivity contribution in [3.05, 3.63) is 41.6 Å². The maximum Gasteiger partial charge on any atom is 0.416 e. The summed E-state index contributed by atoms with van der Waals surface area (Å²) in [5.41, 5.74) is -1.17. The van der Waals surface area contributed by atoms with E-state index in [1.165, 1.54) is 0 Å². The van der Waals surface area contributed by atoms with Crippen LogP contribution >= 0.6 is 0 Å². The fourth-order valence-electron chi connectivity index (χ4n) is 1.48. The number of alkyl halides is 3. The van der Waals surface area contributed by atoms with Crippen molar-refractivity contribution in [3.8, 4) is 6.07 Å². The number of H-pyrrole nitrogens is 1. The number of halogens is 3. The second-order valence-electron chi connectivity index (χ2n) is 3.90. The Hall–Kier alpha value is -2.54. The zero-order chi connectivity index (χ0) is 15.7. The van der Waals surface area contributed by atoms with Crippen LogP contribution in [0.4, 0.5) is 19.0 Å². The molecular formula is C11H7F3N4O2S. The van der Waals surface area contributed by atoms with Crippen LogP contribution < -0.4 is 4.72 Å². The molecule has 0 atom stereocenters. The van der Waals surface area contributed by atoms with Gasteiger partial charge in [0.1, 0.15) is 11.6 Å². The van der Waals surface area contributed by atoms with E-state index in [-0.39, 0.29) is 11.4 Å². The molecule has 0 aliphatic heterocycles. The number of sulfonamides is 1. The predicted molar refractivity (Wildman–Crippen MR) is 65.6 cm³/mol. The molecule has 2 aromatic rings. The van der Waals surface area contributed by atoms with Gasteiger partial charge in [-0.3, -0.25) is 9.82 Å². The second kappa shape index (κ2) is 5.10. The Labute approximate surface area is 117 Å². The lowest BCUT2D eigenvalue weighted by molar-refractivity contribution is -0.137. The first kappa shape index (κ1) is 14.9. The zero-order valence-electron chi connectivity index (χ0n) is 10.1. The normalized spacial score (nSPS) is 11.9. The first-order valence-corrected chi connectivity index (χ1v) is 6.86. The number of anilines is 1. The molecule has 110 valence electrons. The van der Waals surface area contributed by atoms with Gasteiger partial charge in [0.15, 0.2) is 5.82 Å². The van der Waals surface area contributed by atoms with Crippen LogP contribution in [-0.4, -0.2) is 18.6 Å². The van der Waals surface area contributed by atoms with Crippen molar-refractivity contribution in [2.75, 3.05) is 4.72 Å². The number of hydrogen-bond acceptors (Lipinski definition) is 4. The molecule has 10 heteroatoms. The van der Waals surface area contributed by atoms with Crippen molar-refractivity contribution >= 4 is 15.8 Å². The summed E-state index contributed by atoms with van der Waals surface area (Å²) in [5.74, 6) is -0.213. The van der Waals surface area contributed by atoms with Crippen molar-refractivity contribution < 1.29 is 21.6 Å². The summed E-state index contributed by atoms with van der Waals surface area (Å²) in [6.07, 6.45) is -3.57. The van der Waals surface area contributed by atoms with Gasteiger partial charge in [-0.15, -0.1) is 0 Å². The predicted octanol–water partition coefficient (Wildman–Crippen LogP) is 2.10. The SMILES string of the molecule is N#Cc1cn[nH]c1NS(=O)(=O)c1cccc(C(F)(F)F)c1. The Balaban J connectivity index is 2.39. The van der Waals surface area contributed by atoms with Gasteiger partial charge >= 0.3 is 6.18 Å². The average Bonchev–Trinajstić information content (AvgIpc) is 2.84. The standard InChI is InChI=1S/C11H7F3N4O2S/c12-11(13,14)8-2-1-3-9(4-8)21(19,20)18-10-7(5-15)6-16-17-10/h1-4,6H,(H2,16,17,18). The van der Waals surface area contributed by atoms with Crippen molar-refractivity contribution in [3.63, 3.8) is 0 Å². The molecule has 0 saturated carbocycles. The molecule has 1 aromatic carbocycles. The molecule has 0 aliphatic rings. The van der Waals surface area contributed by atoms with E-state index >= 15 is 0 Å². The summed E-state index contributed by atoms with van der Waals surface area (Å²) in [7, 11) is -4.27. The lowest BCUT2D eigenvalue weighted by Crippen LogP contribution is -2.15. The van der Waals surface area contributed by atoms with Crippen molar-refractivity contribution in [2.45, 2.75) is 11.1 Å². The minimum Gasteiger partial charge on any atom is -0.263 e. The first-order valence-electron chi connectivity index (χ1n) is 5.37. The smallest absolute Gasteiger partial charge is 0.263 e. The summed E-state index contributed by atoms with van der Waals surface area (Å²) in [4.78, 5) is -0.573. The molecule has 0 fully saturated rings. The van der Waals surface area contributed by atoms with Crippen LogP contribution in [0, 0.1) is 11.3 Å². The van der Waals surface area contributed by atoms with E-state index in [2.05, 4.69) is 10.2 Å². The molecule has 21 heavy (non-hydrogen) atoms. The maximum atomic E-state index is 12.6. The number of nitrogens with zero attached hydrogens (tertiary/aromatic N) is 2. The number of benzene rings is 1. The van der Waals surface area contributed by atoms with Crippen LogP contribution in [0.3, 0.4) is 0 Å². The molecule has 0 saturated heterocycles. The van der Waals surface area contributed by atoms with Gasteiger partial charge in [0.2, 0.25) is 0 Å². The number of nitrogens with one attached hydrogen (secondary N) is 2. The molecule has 0 bridgehead atoms. The molecular weight excluding hydrogens is 309 g/mol. The van der Waals surface area contributed by atoms with Crippen molar-refractivity contribution in [2.24, 2.45) is 0 Å². The van der Waals surface area contributed by atoms with Gasteiger partial charge in [-0.1, -0.05) is 6.07 Å². The Morgan fingerprint density at radius 3 is 2.67 bits per heavy atom. The number of aromatic nitrogens is 2. The fraction of sp³-hybridized carbons (Fsp3) is 0.0909. The highest BCUT2D eigenvalue weighted by Gasteiger charge is 2.31. The summed E-state index contributed by atoms with van der Waals surface area (Å²) in [6.45, 7) is 0. The van der Waals surface area contributed by atoms with Crippen LogP contribution in [-0.2, 0) is 16.2 Å². The zero-order valence-corrected chi connectivity index (χ0v) is 11.0.